The number of aliphatic hydroxyl groups is 1. The van der Waals surface area contributed by atoms with Crippen LogP contribution in [-0.4, -0.2) is 40.4 Å². The molecule has 1 aliphatic carbocycles. The van der Waals surface area contributed by atoms with Gasteiger partial charge in [-0.1, -0.05) is 31.2 Å². The van der Waals surface area contributed by atoms with E-state index in [1.165, 1.54) is 13.0 Å². The van der Waals surface area contributed by atoms with Gasteiger partial charge in [0.05, 0.1) is 0 Å². The van der Waals surface area contributed by atoms with Gasteiger partial charge in [0.1, 0.15) is 6.10 Å². The number of hydrogen-bond acceptors (Lipinski definition) is 1. The van der Waals surface area contributed by atoms with Crippen LogP contribution < -0.4 is 0 Å². The Balaban J connectivity index is 2.86. The zero-order valence-electron chi connectivity index (χ0n) is 13.2. The van der Waals surface area contributed by atoms with E-state index in [4.69, 9.17) is 0 Å². The summed E-state index contributed by atoms with van der Waals surface area (Å²) in [6.07, 6.45) is -4.20. The van der Waals surface area contributed by atoms with Crippen molar-refractivity contribution in [3.8, 4) is 0 Å². The number of alkyl halides is 11. The SMILES string of the molecule is CCc1ccccc1C(O)C1(F)C(F)(F)C(F)(F)C(F)(F)C(F)(F)C1(F)F. The molecule has 0 heterocycles. The molecular weight excluding hydrogens is 405 g/mol. The minimum absolute atomic E-state index is 0.233. The van der Waals surface area contributed by atoms with E-state index in [2.05, 4.69) is 0 Å². The lowest BCUT2D eigenvalue weighted by Gasteiger charge is -2.53. The highest BCUT2D eigenvalue weighted by Gasteiger charge is 3.02. The van der Waals surface area contributed by atoms with Crippen molar-refractivity contribution in [1.82, 2.24) is 0 Å². The van der Waals surface area contributed by atoms with Crippen molar-refractivity contribution in [3.63, 3.8) is 0 Å². The third-order valence-electron chi connectivity index (χ3n) is 4.60. The van der Waals surface area contributed by atoms with Gasteiger partial charge in [0.15, 0.2) is 0 Å². The summed E-state index contributed by atoms with van der Waals surface area (Å²) in [6, 6.07) is 3.62. The summed E-state index contributed by atoms with van der Waals surface area (Å²) in [5.74, 6) is -35.9. The van der Waals surface area contributed by atoms with Crippen LogP contribution in [0.5, 0.6) is 0 Å². The standard InChI is InChI=1S/C15H11F11O/c1-2-7-5-3-4-6-8(7)9(27)10(16)11(17,18)13(21,22)15(25,26)14(23,24)12(10,19)20/h3-6,9,27H,2H2,1H3. The van der Waals surface area contributed by atoms with E-state index in [0.29, 0.717) is 6.07 Å². The molecule has 0 bridgehead atoms. The van der Waals surface area contributed by atoms with E-state index < -0.39 is 46.9 Å². The highest BCUT2D eigenvalue weighted by Crippen LogP contribution is 2.71. The van der Waals surface area contributed by atoms with Crippen molar-refractivity contribution in [1.29, 1.82) is 0 Å². The second-order valence-corrected chi connectivity index (χ2v) is 6.04. The van der Waals surface area contributed by atoms with Gasteiger partial charge in [0, 0.05) is 0 Å². The number of aliphatic hydroxyl groups excluding tert-OH is 1. The van der Waals surface area contributed by atoms with Crippen LogP contribution in [0.4, 0.5) is 48.3 Å². The number of hydrogen-bond donors (Lipinski definition) is 1. The second-order valence-electron chi connectivity index (χ2n) is 6.04. The predicted molar refractivity (Wildman–Crippen MR) is 69.4 cm³/mol. The van der Waals surface area contributed by atoms with Gasteiger partial charge >= 0.3 is 29.6 Å². The monoisotopic (exact) mass is 416 g/mol. The summed E-state index contributed by atoms with van der Waals surface area (Å²) in [6.45, 7) is 1.27. The van der Waals surface area contributed by atoms with Crippen molar-refractivity contribution in [3.05, 3.63) is 35.4 Å². The van der Waals surface area contributed by atoms with Gasteiger partial charge in [-0.2, -0.15) is 43.9 Å². The Kier molecular flexibility index (Phi) is 4.59. The number of benzene rings is 1. The summed E-state index contributed by atoms with van der Waals surface area (Å²) >= 11 is 0. The molecule has 0 saturated heterocycles. The van der Waals surface area contributed by atoms with Crippen molar-refractivity contribution >= 4 is 0 Å². The summed E-state index contributed by atoms with van der Waals surface area (Å²) in [7, 11) is 0. The molecule has 1 aliphatic rings. The smallest absolute Gasteiger partial charge is 0.384 e. The molecule has 27 heavy (non-hydrogen) atoms. The summed E-state index contributed by atoms with van der Waals surface area (Å²) in [4.78, 5) is 0. The molecule has 1 saturated carbocycles. The van der Waals surface area contributed by atoms with Gasteiger partial charge in [-0.15, -0.1) is 0 Å². The van der Waals surface area contributed by atoms with Gasteiger partial charge in [-0.05, 0) is 17.5 Å². The molecule has 1 nitrogen and oxygen atoms in total. The van der Waals surface area contributed by atoms with E-state index in [1.807, 2.05) is 0 Å². The van der Waals surface area contributed by atoms with Gasteiger partial charge in [0.25, 0.3) is 5.67 Å². The first-order valence-electron chi connectivity index (χ1n) is 7.30. The lowest BCUT2D eigenvalue weighted by molar-refractivity contribution is -0.494. The number of rotatable bonds is 3. The van der Waals surface area contributed by atoms with Crippen LogP contribution >= 0.6 is 0 Å². The van der Waals surface area contributed by atoms with E-state index in [0.717, 1.165) is 12.1 Å². The van der Waals surface area contributed by atoms with E-state index in [1.54, 1.807) is 0 Å². The van der Waals surface area contributed by atoms with Gasteiger partial charge < -0.3 is 5.11 Å². The van der Waals surface area contributed by atoms with Gasteiger partial charge in [-0.3, -0.25) is 0 Å². The first-order valence-corrected chi connectivity index (χ1v) is 7.30. The van der Waals surface area contributed by atoms with Crippen LogP contribution in [0.1, 0.15) is 24.2 Å². The molecule has 154 valence electrons. The fraction of sp³-hybridized carbons (Fsp3) is 0.600. The Morgan fingerprint density at radius 1 is 0.704 bits per heavy atom. The molecule has 1 aromatic rings. The number of aryl methyl sites for hydroxylation is 1. The topological polar surface area (TPSA) is 20.2 Å². The van der Waals surface area contributed by atoms with E-state index in [-0.39, 0.29) is 12.0 Å². The molecule has 0 radical (unpaired) electrons. The fourth-order valence-corrected chi connectivity index (χ4v) is 2.93. The lowest BCUT2D eigenvalue weighted by atomic mass is 9.68. The van der Waals surface area contributed by atoms with Crippen LogP contribution in [0.15, 0.2) is 24.3 Å². The fourth-order valence-electron chi connectivity index (χ4n) is 2.93. The largest absolute Gasteiger partial charge is 0.385 e. The Bertz CT molecular complexity index is 698. The molecule has 0 amide bonds. The Morgan fingerprint density at radius 3 is 1.48 bits per heavy atom. The maximum atomic E-state index is 14.8. The Morgan fingerprint density at radius 2 is 1.07 bits per heavy atom. The van der Waals surface area contributed by atoms with Gasteiger partial charge in [-0.25, -0.2) is 4.39 Å². The maximum Gasteiger partial charge on any atom is 0.384 e. The average molecular weight is 416 g/mol. The van der Waals surface area contributed by atoms with Crippen molar-refractivity contribution in [2.45, 2.75) is 54.7 Å². The van der Waals surface area contributed by atoms with E-state index >= 15 is 0 Å². The van der Waals surface area contributed by atoms with Crippen LogP contribution in [-0.2, 0) is 6.42 Å². The molecule has 1 unspecified atom stereocenters. The minimum Gasteiger partial charge on any atom is -0.385 e. The normalized spacial score (nSPS) is 27.7. The molecule has 0 aliphatic heterocycles. The van der Waals surface area contributed by atoms with Crippen molar-refractivity contribution in [2.75, 3.05) is 0 Å². The first kappa shape index (κ1) is 21.7. The maximum absolute atomic E-state index is 14.8. The molecule has 12 heteroatoms. The average Bonchev–Trinajstić information content (AvgIpc) is 2.58. The quantitative estimate of drug-likeness (QED) is 0.674. The highest BCUT2D eigenvalue weighted by molar-refractivity contribution is 5.37. The molecule has 1 atom stereocenters. The zero-order chi connectivity index (χ0) is 21.3. The van der Waals surface area contributed by atoms with Crippen molar-refractivity contribution in [2.24, 2.45) is 0 Å². The molecule has 1 N–H and O–H groups in total. The van der Waals surface area contributed by atoms with Crippen LogP contribution in [0.2, 0.25) is 0 Å². The van der Waals surface area contributed by atoms with Gasteiger partial charge in [0.2, 0.25) is 0 Å². The molecule has 0 aromatic heterocycles. The molecule has 2 rings (SSSR count). The Labute approximate surface area is 144 Å². The predicted octanol–water partition coefficient (Wildman–Crippen LogP) is 5.18. The number of halogens is 11. The third kappa shape index (κ3) is 2.16. The molecule has 1 fully saturated rings. The van der Waals surface area contributed by atoms with Crippen molar-refractivity contribution < 1.29 is 53.4 Å². The molecule has 1 aromatic carbocycles. The van der Waals surface area contributed by atoms with Crippen LogP contribution in [0.3, 0.4) is 0 Å². The molecule has 0 spiro atoms. The molecular formula is C15H11F11O. The summed E-state index contributed by atoms with van der Waals surface area (Å²) < 4.78 is 151. The summed E-state index contributed by atoms with van der Waals surface area (Å²) in [5, 5.41) is 9.78. The third-order valence-corrected chi connectivity index (χ3v) is 4.60. The second kappa shape index (κ2) is 5.71. The summed E-state index contributed by atoms with van der Waals surface area (Å²) in [5.41, 5.74) is -7.91. The lowest BCUT2D eigenvalue weighted by Crippen LogP contribution is -2.84. The minimum atomic E-state index is -7.30. The van der Waals surface area contributed by atoms with E-state index in [9.17, 15) is 53.4 Å². The van der Waals surface area contributed by atoms with Crippen LogP contribution in [0.25, 0.3) is 0 Å². The zero-order valence-corrected chi connectivity index (χ0v) is 13.2. The first-order chi connectivity index (χ1) is 12.0. The Hall–Kier alpha value is -1.59. The van der Waals surface area contributed by atoms with Crippen LogP contribution in [0, 0.1) is 0 Å². The highest BCUT2D eigenvalue weighted by atomic mass is 19.4.